The number of imidazole rings is 1. The Hall–Kier alpha value is -2.15. The molecule has 1 fully saturated rings. The van der Waals surface area contributed by atoms with Crippen LogP contribution in [0.3, 0.4) is 0 Å². The topological polar surface area (TPSA) is 47.4 Å². The second-order valence-corrected chi connectivity index (χ2v) is 7.63. The molecule has 5 nitrogen and oxygen atoms in total. The first-order valence-electron chi connectivity index (χ1n) is 8.83. The van der Waals surface area contributed by atoms with Crippen LogP contribution in [-0.4, -0.2) is 40.1 Å². The van der Waals surface area contributed by atoms with Gasteiger partial charge in [-0.1, -0.05) is 23.2 Å². The highest BCUT2D eigenvalue weighted by atomic mass is 35.5. The number of amides is 1. The summed E-state index contributed by atoms with van der Waals surface area (Å²) in [5.41, 5.74) is 2.78. The zero-order valence-electron chi connectivity index (χ0n) is 15.4. The van der Waals surface area contributed by atoms with E-state index in [9.17, 15) is 9.18 Å². The summed E-state index contributed by atoms with van der Waals surface area (Å²) in [4.78, 5) is 19.2. The fourth-order valence-electron chi connectivity index (χ4n) is 3.44. The van der Waals surface area contributed by atoms with E-state index in [0.717, 1.165) is 16.9 Å². The van der Waals surface area contributed by atoms with E-state index >= 15 is 0 Å². The number of nitrogens with zero attached hydrogens (tertiary/aromatic N) is 3. The van der Waals surface area contributed by atoms with Gasteiger partial charge in [-0.25, -0.2) is 9.37 Å². The van der Waals surface area contributed by atoms with Crippen molar-refractivity contribution < 1.29 is 13.9 Å². The maximum Gasteiger partial charge on any atom is 0.254 e. The van der Waals surface area contributed by atoms with E-state index < -0.39 is 11.9 Å². The Labute approximate surface area is 171 Å². The summed E-state index contributed by atoms with van der Waals surface area (Å²) in [6.07, 6.45) is -0.516. The molecule has 4 rings (SSSR count). The molecule has 0 spiro atoms. The Kier molecular flexibility index (Phi) is 5.04. The SMILES string of the molecule is Cc1nc2cc(C(=O)N3CCOC(c4cc(F)c(Cl)cc4Cl)C3)ccc2n1C. The lowest BCUT2D eigenvalue weighted by Crippen LogP contribution is -2.42. The van der Waals surface area contributed by atoms with E-state index in [2.05, 4.69) is 4.98 Å². The number of benzene rings is 2. The third-order valence-corrected chi connectivity index (χ3v) is 5.71. The van der Waals surface area contributed by atoms with Gasteiger partial charge in [0.2, 0.25) is 0 Å². The lowest BCUT2D eigenvalue weighted by Gasteiger charge is -2.33. The Bertz CT molecular complexity index is 1080. The molecule has 8 heteroatoms. The van der Waals surface area contributed by atoms with Gasteiger partial charge in [-0.05, 0) is 37.3 Å². The molecular formula is C20H18Cl2FN3O2. The Balaban J connectivity index is 1.59. The molecule has 0 N–H and O–H groups in total. The molecule has 0 radical (unpaired) electrons. The first kappa shape index (κ1) is 19.2. The second kappa shape index (κ2) is 7.35. The van der Waals surface area contributed by atoms with Crippen molar-refractivity contribution in [2.24, 2.45) is 7.05 Å². The second-order valence-electron chi connectivity index (χ2n) is 6.82. The smallest absolute Gasteiger partial charge is 0.254 e. The number of aryl methyl sites for hydroxylation is 2. The predicted molar refractivity (Wildman–Crippen MR) is 106 cm³/mol. The van der Waals surface area contributed by atoms with Gasteiger partial charge in [-0.2, -0.15) is 0 Å². The first-order valence-corrected chi connectivity index (χ1v) is 9.59. The molecule has 1 amide bonds. The zero-order valence-corrected chi connectivity index (χ0v) is 16.9. The van der Waals surface area contributed by atoms with Crippen LogP contribution >= 0.6 is 23.2 Å². The average molecular weight is 422 g/mol. The van der Waals surface area contributed by atoms with E-state index in [0.29, 0.717) is 29.3 Å². The number of fused-ring (bicyclic) bond motifs is 1. The third-order valence-electron chi connectivity index (χ3n) is 5.09. The summed E-state index contributed by atoms with van der Waals surface area (Å²) in [6.45, 7) is 2.98. The first-order chi connectivity index (χ1) is 13.3. The number of hydrogen-bond donors (Lipinski definition) is 0. The number of ether oxygens (including phenoxy) is 1. The minimum absolute atomic E-state index is 0.0450. The molecule has 2 heterocycles. The Morgan fingerprint density at radius 1 is 1.25 bits per heavy atom. The maximum absolute atomic E-state index is 13.9. The number of rotatable bonds is 2. The highest BCUT2D eigenvalue weighted by molar-refractivity contribution is 6.35. The van der Waals surface area contributed by atoms with E-state index in [1.165, 1.54) is 12.1 Å². The molecule has 0 bridgehead atoms. The molecule has 3 aromatic rings. The molecule has 2 aromatic carbocycles. The van der Waals surface area contributed by atoms with Crippen molar-refractivity contribution >= 4 is 40.1 Å². The number of carbonyl (C=O) groups is 1. The van der Waals surface area contributed by atoms with Crippen LogP contribution in [0.25, 0.3) is 11.0 Å². The summed E-state index contributed by atoms with van der Waals surface area (Å²) >= 11 is 12.0. The van der Waals surface area contributed by atoms with Crippen LogP contribution < -0.4 is 0 Å². The fourth-order valence-corrected chi connectivity index (χ4v) is 3.95. The summed E-state index contributed by atoms with van der Waals surface area (Å²) in [7, 11) is 1.94. The van der Waals surface area contributed by atoms with Crippen molar-refractivity contribution in [2.75, 3.05) is 19.7 Å². The van der Waals surface area contributed by atoms with E-state index in [1.54, 1.807) is 17.0 Å². The van der Waals surface area contributed by atoms with Crippen LogP contribution in [0.2, 0.25) is 10.0 Å². The summed E-state index contributed by atoms with van der Waals surface area (Å²) in [5, 5.41) is 0.271. The fraction of sp³-hybridized carbons (Fsp3) is 0.300. The molecule has 1 aromatic heterocycles. The van der Waals surface area contributed by atoms with Gasteiger partial charge in [0.05, 0.1) is 29.2 Å². The lowest BCUT2D eigenvalue weighted by atomic mass is 10.1. The number of carbonyl (C=O) groups excluding carboxylic acids is 1. The van der Waals surface area contributed by atoms with Gasteiger partial charge in [0, 0.05) is 29.7 Å². The van der Waals surface area contributed by atoms with Crippen molar-refractivity contribution in [3.05, 3.63) is 63.1 Å². The van der Waals surface area contributed by atoms with E-state index in [-0.39, 0.29) is 17.5 Å². The average Bonchev–Trinajstić information content (AvgIpc) is 2.97. The van der Waals surface area contributed by atoms with Crippen molar-refractivity contribution in [3.8, 4) is 0 Å². The van der Waals surface area contributed by atoms with Crippen LogP contribution in [-0.2, 0) is 11.8 Å². The largest absolute Gasteiger partial charge is 0.370 e. The van der Waals surface area contributed by atoms with Crippen LogP contribution in [0.5, 0.6) is 0 Å². The van der Waals surface area contributed by atoms with E-state index in [1.807, 2.05) is 24.6 Å². The number of halogens is 3. The molecule has 1 unspecified atom stereocenters. The number of aromatic nitrogens is 2. The molecule has 1 aliphatic heterocycles. The summed E-state index contributed by atoms with van der Waals surface area (Å²) in [5.74, 6) is 0.193. The molecular weight excluding hydrogens is 404 g/mol. The van der Waals surface area contributed by atoms with Crippen LogP contribution in [0.1, 0.15) is 27.8 Å². The van der Waals surface area contributed by atoms with Gasteiger partial charge in [-0.3, -0.25) is 4.79 Å². The molecule has 146 valence electrons. The highest BCUT2D eigenvalue weighted by Crippen LogP contribution is 2.32. The molecule has 1 aliphatic rings. The molecule has 1 saturated heterocycles. The minimum Gasteiger partial charge on any atom is -0.370 e. The third kappa shape index (κ3) is 3.36. The maximum atomic E-state index is 13.9. The van der Waals surface area contributed by atoms with Crippen molar-refractivity contribution in [2.45, 2.75) is 13.0 Å². The standard InChI is InChI=1S/C20H18Cl2FN3O2/c1-11-24-17-7-12(3-4-18(17)25(11)2)20(27)26-5-6-28-19(10-26)13-8-16(23)15(22)9-14(13)21/h3-4,7-9,19H,5-6,10H2,1-2H3. The van der Waals surface area contributed by atoms with Crippen molar-refractivity contribution in [1.82, 2.24) is 14.5 Å². The molecule has 1 atom stereocenters. The highest BCUT2D eigenvalue weighted by Gasteiger charge is 2.28. The monoisotopic (exact) mass is 421 g/mol. The number of morpholine rings is 1. The van der Waals surface area contributed by atoms with Crippen LogP contribution in [0.4, 0.5) is 4.39 Å². The summed E-state index contributed by atoms with van der Waals surface area (Å²) < 4.78 is 21.6. The van der Waals surface area contributed by atoms with Crippen molar-refractivity contribution in [1.29, 1.82) is 0 Å². The molecule has 0 saturated carbocycles. The minimum atomic E-state index is -0.566. The quantitative estimate of drug-likeness (QED) is 0.570. The predicted octanol–water partition coefficient (Wildman–Crippen LogP) is 4.54. The zero-order chi connectivity index (χ0) is 20.0. The van der Waals surface area contributed by atoms with Crippen molar-refractivity contribution in [3.63, 3.8) is 0 Å². The van der Waals surface area contributed by atoms with Crippen LogP contribution in [0, 0.1) is 12.7 Å². The van der Waals surface area contributed by atoms with Gasteiger partial charge in [-0.15, -0.1) is 0 Å². The van der Waals surface area contributed by atoms with Gasteiger partial charge in [0.1, 0.15) is 17.7 Å². The van der Waals surface area contributed by atoms with Gasteiger partial charge in [0.15, 0.2) is 0 Å². The van der Waals surface area contributed by atoms with E-state index in [4.69, 9.17) is 27.9 Å². The van der Waals surface area contributed by atoms with Gasteiger partial charge in [0.25, 0.3) is 5.91 Å². The number of hydrogen-bond acceptors (Lipinski definition) is 3. The van der Waals surface area contributed by atoms with Gasteiger partial charge >= 0.3 is 0 Å². The Morgan fingerprint density at radius 2 is 2.04 bits per heavy atom. The normalized spacial score (nSPS) is 17.3. The molecule has 0 aliphatic carbocycles. The van der Waals surface area contributed by atoms with Crippen LogP contribution in [0.15, 0.2) is 30.3 Å². The summed E-state index contributed by atoms with van der Waals surface area (Å²) in [6, 6.07) is 8.11. The lowest BCUT2D eigenvalue weighted by molar-refractivity contribution is -0.0228. The van der Waals surface area contributed by atoms with Gasteiger partial charge < -0.3 is 14.2 Å². The molecule has 28 heavy (non-hydrogen) atoms. The Morgan fingerprint density at radius 3 is 2.82 bits per heavy atom.